The van der Waals surface area contributed by atoms with Crippen LogP contribution >= 0.6 is 11.6 Å². The molecule has 1 aromatic heterocycles. The second kappa shape index (κ2) is 6.14. The summed E-state index contributed by atoms with van der Waals surface area (Å²) in [6.45, 7) is 0.106. The number of halogens is 1. The quantitative estimate of drug-likeness (QED) is 0.858. The molecule has 0 aliphatic rings. The zero-order valence-electron chi connectivity index (χ0n) is 9.91. The molecule has 1 atom stereocenters. The van der Waals surface area contributed by atoms with Crippen LogP contribution in [0.3, 0.4) is 0 Å². The maximum Gasteiger partial charge on any atom is 0.404 e. The molecular weight excluding hydrogens is 270 g/mol. The largest absolute Gasteiger partial charge is 0.449 e. The Kier molecular flexibility index (Phi) is 4.30. The summed E-state index contributed by atoms with van der Waals surface area (Å²) in [4.78, 5) is 10.7. The smallest absolute Gasteiger partial charge is 0.404 e. The molecule has 2 rings (SSSR count). The van der Waals surface area contributed by atoms with Crippen molar-refractivity contribution in [2.24, 2.45) is 5.73 Å². The van der Waals surface area contributed by atoms with Gasteiger partial charge in [0, 0.05) is 5.02 Å². The van der Waals surface area contributed by atoms with Gasteiger partial charge in [-0.25, -0.2) is 9.89 Å². The highest BCUT2D eigenvalue weighted by Gasteiger charge is 2.18. The highest BCUT2D eigenvalue weighted by atomic mass is 35.5. The number of aromatic nitrogens is 4. The number of hydrogen-bond donors (Lipinski definition) is 2. The lowest BCUT2D eigenvalue weighted by Gasteiger charge is -2.13. The van der Waals surface area contributed by atoms with E-state index in [1.807, 2.05) is 12.1 Å². The fraction of sp³-hybridized carbons (Fsp3) is 0.273. The Morgan fingerprint density at radius 3 is 2.74 bits per heavy atom. The molecule has 3 N–H and O–H groups in total. The molecule has 2 aromatic rings. The standard InChI is InChI=1S/C11H12ClN5O2/c12-9-3-1-7(2-4-9)5-8(6-19-11(13)18)10-14-16-17-15-10/h1-4,8H,5-6H2,(H2,13,18)(H,14,15,16,17). The van der Waals surface area contributed by atoms with Crippen molar-refractivity contribution in [3.8, 4) is 0 Å². The van der Waals surface area contributed by atoms with E-state index in [1.165, 1.54) is 0 Å². The van der Waals surface area contributed by atoms with Crippen LogP contribution in [0, 0.1) is 0 Å². The molecular formula is C11H12ClN5O2. The first kappa shape index (κ1) is 13.3. The lowest BCUT2D eigenvalue weighted by Crippen LogP contribution is -2.20. The number of tetrazole rings is 1. The summed E-state index contributed by atoms with van der Waals surface area (Å²) in [5, 5.41) is 14.2. The van der Waals surface area contributed by atoms with Crippen LogP contribution in [-0.4, -0.2) is 33.3 Å². The normalized spacial score (nSPS) is 12.1. The summed E-state index contributed by atoms with van der Waals surface area (Å²) in [7, 11) is 0. The molecule has 0 bridgehead atoms. The number of rotatable bonds is 5. The zero-order valence-corrected chi connectivity index (χ0v) is 10.7. The van der Waals surface area contributed by atoms with Crippen LogP contribution in [0.1, 0.15) is 17.3 Å². The minimum absolute atomic E-state index is 0.106. The number of nitrogens with zero attached hydrogens (tertiary/aromatic N) is 3. The first-order chi connectivity index (χ1) is 9.15. The van der Waals surface area contributed by atoms with Gasteiger partial charge in [-0.1, -0.05) is 23.7 Å². The summed E-state index contributed by atoms with van der Waals surface area (Å²) < 4.78 is 4.82. The molecule has 19 heavy (non-hydrogen) atoms. The molecule has 0 aliphatic carbocycles. The lowest BCUT2D eigenvalue weighted by molar-refractivity contribution is 0.147. The monoisotopic (exact) mass is 281 g/mol. The molecule has 100 valence electrons. The Morgan fingerprint density at radius 2 is 2.16 bits per heavy atom. The first-order valence-electron chi connectivity index (χ1n) is 5.55. The van der Waals surface area contributed by atoms with Gasteiger partial charge in [-0.15, -0.1) is 5.10 Å². The van der Waals surface area contributed by atoms with Gasteiger partial charge >= 0.3 is 6.09 Å². The van der Waals surface area contributed by atoms with Crippen LogP contribution in [0.15, 0.2) is 24.3 Å². The lowest BCUT2D eigenvalue weighted by atomic mass is 9.99. The minimum atomic E-state index is -0.825. The number of primary amides is 1. The van der Waals surface area contributed by atoms with E-state index >= 15 is 0 Å². The molecule has 0 aliphatic heterocycles. The average molecular weight is 282 g/mol. The van der Waals surface area contributed by atoms with E-state index in [4.69, 9.17) is 22.1 Å². The highest BCUT2D eigenvalue weighted by molar-refractivity contribution is 6.30. The Hall–Kier alpha value is -2.15. The molecule has 0 saturated heterocycles. The van der Waals surface area contributed by atoms with Gasteiger partial charge < -0.3 is 10.5 Å². The number of H-pyrrole nitrogens is 1. The third-order valence-electron chi connectivity index (χ3n) is 2.57. The number of hydrogen-bond acceptors (Lipinski definition) is 5. The molecule has 1 aromatic carbocycles. The summed E-state index contributed by atoms with van der Waals surface area (Å²) in [5.74, 6) is 0.347. The number of aromatic amines is 1. The van der Waals surface area contributed by atoms with E-state index in [0.29, 0.717) is 17.3 Å². The number of carbonyl (C=O) groups excluding carboxylic acids is 1. The minimum Gasteiger partial charge on any atom is -0.449 e. The van der Waals surface area contributed by atoms with Crippen molar-refractivity contribution < 1.29 is 9.53 Å². The molecule has 1 amide bonds. The Labute approximate surface area is 114 Å². The number of nitrogens with two attached hydrogens (primary N) is 1. The molecule has 0 radical (unpaired) electrons. The van der Waals surface area contributed by atoms with Gasteiger partial charge in [-0.3, -0.25) is 0 Å². The zero-order chi connectivity index (χ0) is 13.7. The van der Waals surface area contributed by atoms with Crippen LogP contribution in [0.5, 0.6) is 0 Å². The predicted octanol–water partition coefficient (Wildman–Crippen LogP) is 1.27. The molecule has 1 heterocycles. The van der Waals surface area contributed by atoms with Crippen LogP contribution in [-0.2, 0) is 11.2 Å². The molecule has 1 unspecified atom stereocenters. The van der Waals surface area contributed by atoms with E-state index < -0.39 is 6.09 Å². The number of ether oxygens (including phenoxy) is 1. The van der Waals surface area contributed by atoms with E-state index in [0.717, 1.165) is 5.56 Å². The van der Waals surface area contributed by atoms with Crippen molar-refractivity contribution in [2.45, 2.75) is 12.3 Å². The number of benzene rings is 1. The van der Waals surface area contributed by atoms with Crippen molar-refractivity contribution in [1.29, 1.82) is 0 Å². The molecule has 0 fully saturated rings. The summed E-state index contributed by atoms with van der Waals surface area (Å²) >= 11 is 5.83. The fourth-order valence-corrected chi connectivity index (χ4v) is 1.79. The summed E-state index contributed by atoms with van der Waals surface area (Å²) in [6.07, 6.45) is -0.227. The SMILES string of the molecule is NC(=O)OCC(Cc1ccc(Cl)cc1)c1nnn[nH]1. The second-order valence-corrected chi connectivity index (χ2v) is 4.38. The van der Waals surface area contributed by atoms with Crippen molar-refractivity contribution in [1.82, 2.24) is 20.6 Å². The van der Waals surface area contributed by atoms with Crippen LogP contribution in [0.2, 0.25) is 5.02 Å². The third kappa shape index (κ3) is 3.92. The van der Waals surface area contributed by atoms with E-state index in [9.17, 15) is 4.79 Å². The van der Waals surface area contributed by atoms with Gasteiger partial charge in [0.1, 0.15) is 6.61 Å². The van der Waals surface area contributed by atoms with Gasteiger partial charge in [0.15, 0.2) is 5.82 Å². The van der Waals surface area contributed by atoms with Crippen LogP contribution in [0.25, 0.3) is 0 Å². The number of carbonyl (C=O) groups is 1. The highest BCUT2D eigenvalue weighted by Crippen LogP contribution is 2.19. The molecule has 0 saturated carbocycles. The summed E-state index contributed by atoms with van der Waals surface area (Å²) in [6, 6.07) is 7.37. The van der Waals surface area contributed by atoms with Crippen molar-refractivity contribution in [3.05, 3.63) is 40.7 Å². The fourth-order valence-electron chi connectivity index (χ4n) is 1.66. The second-order valence-electron chi connectivity index (χ2n) is 3.94. The molecule has 7 nitrogen and oxygen atoms in total. The maximum absolute atomic E-state index is 10.7. The van der Waals surface area contributed by atoms with Gasteiger partial charge in [0.2, 0.25) is 0 Å². The Morgan fingerprint density at radius 1 is 1.42 bits per heavy atom. The number of nitrogens with one attached hydrogen (secondary N) is 1. The maximum atomic E-state index is 10.7. The van der Waals surface area contributed by atoms with Crippen molar-refractivity contribution in [3.63, 3.8) is 0 Å². The van der Waals surface area contributed by atoms with Crippen molar-refractivity contribution >= 4 is 17.7 Å². The first-order valence-corrected chi connectivity index (χ1v) is 5.93. The van der Waals surface area contributed by atoms with Crippen molar-refractivity contribution in [2.75, 3.05) is 6.61 Å². The van der Waals surface area contributed by atoms with Gasteiger partial charge in [0.05, 0.1) is 5.92 Å². The van der Waals surface area contributed by atoms with Gasteiger partial charge in [0.25, 0.3) is 0 Å². The third-order valence-corrected chi connectivity index (χ3v) is 2.82. The van der Waals surface area contributed by atoms with Gasteiger partial charge in [-0.05, 0) is 34.5 Å². The number of amides is 1. The Bertz CT molecular complexity index is 529. The Balaban J connectivity index is 2.09. The molecule has 8 heteroatoms. The van der Waals surface area contributed by atoms with E-state index in [-0.39, 0.29) is 12.5 Å². The van der Waals surface area contributed by atoms with E-state index in [1.54, 1.807) is 12.1 Å². The molecule has 0 spiro atoms. The van der Waals surface area contributed by atoms with Crippen LogP contribution < -0.4 is 5.73 Å². The summed E-state index contributed by atoms with van der Waals surface area (Å²) in [5.41, 5.74) is 5.99. The van der Waals surface area contributed by atoms with Gasteiger partial charge in [-0.2, -0.15) is 0 Å². The predicted molar refractivity (Wildman–Crippen MR) is 67.6 cm³/mol. The average Bonchev–Trinajstić information content (AvgIpc) is 2.90. The van der Waals surface area contributed by atoms with E-state index in [2.05, 4.69) is 20.6 Å². The topological polar surface area (TPSA) is 107 Å². The van der Waals surface area contributed by atoms with Crippen LogP contribution in [0.4, 0.5) is 4.79 Å².